The molecule has 0 amide bonds. The van der Waals surface area contributed by atoms with E-state index in [9.17, 15) is 0 Å². The van der Waals surface area contributed by atoms with Gasteiger partial charge in [-0.05, 0) is 89.4 Å². The van der Waals surface area contributed by atoms with Gasteiger partial charge in [0.05, 0.1) is 0 Å². The quantitative estimate of drug-likeness (QED) is 0.469. The summed E-state index contributed by atoms with van der Waals surface area (Å²) in [5.41, 5.74) is 6.13. The topological polar surface area (TPSA) is 0 Å². The van der Waals surface area contributed by atoms with E-state index >= 15 is 0 Å². The highest BCUT2D eigenvalue weighted by molar-refractivity contribution is 6.05. The molecule has 0 unspecified atom stereocenters. The van der Waals surface area contributed by atoms with Crippen molar-refractivity contribution in [2.45, 2.75) is 39.5 Å². The van der Waals surface area contributed by atoms with Crippen LogP contribution in [0.25, 0.3) is 21.5 Å². The van der Waals surface area contributed by atoms with Crippen LogP contribution in [0.2, 0.25) is 0 Å². The molecule has 1 aliphatic rings. The second-order valence-electron chi connectivity index (χ2n) is 6.18. The van der Waals surface area contributed by atoms with Crippen molar-refractivity contribution in [1.82, 2.24) is 0 Å². The van der Waals surface area contributed by atoms with E-state index < -0.39 is 0 Å². The van der Waals surface area contributed by atoms with E-state index in [0.717, 1.165) is 0 Å². The Labute approximate surface area is 120 Å². The smallest absolute Gasteiger partial charge is 0.0111 e. The SMILES string of the molecule is Cc1cc2c(c3c(C)c4ccccc4cc13)CCCC2. The second-order valence-corrected chi connectivity index (χ2v) is 6.18. The minimum absolute atomic E-state index is 1.26. The van der Waals surface area contributed by atoms with Crippen LogP contribution in [-0.2, 0) is 12.8 Å². The molecule has 1 aliphatic carbocycles. The molecule has 0 heteroatoms. The lowest BCUT2D eigenvalue weighted by molar-refractivity contribution is 0.689. The summed E-state index contributed by atoms with van der Waals surface area (Å²) in [6.07, 6.45) is 5.21. The van der Waals surface area contributed by atoms with Crippen LogP contribution in [0.4, 0.5) is 0 Å². The first kappa shape index (κ1) is 12.0. The normalized spacial score (nSPS) is 14.7. The van der Waals surface area contributed by atoms with E-state index in [-0.39, 0.29) is 0 Å². The van der Waals surface area contributed by atoms with E-state index in [4.69, 9.17) is 0 Å². The summed E-state index contributed by atoms with van der Waals surface area (Å²) in [6.45, 7) is 4.57. The highest BCUT2D eigenvalue weighted by Crippen LogP contribution is 2.36. The van der Waals surface area contributed by atoms with Crippen LogP contribution in [0.1, 0.15) is 35.1 Å². The molecule has 0 nitrogen and oxygen atoms in total. The summed E-state index contributed by atoms with van der Waals surface area (Å²) in [4.78, 5) is 0. The van der Waals surface area contributed by atoms with Crippen LogP contribution >= 0.6 is 0 Å². The van der Waals surface area contributed by atoms with Gasteiger partial charge in [0.25, 0.3) is 0 Å². The molecule has 0 fully saturated rings. The molecule has 20 heavy (non-hydrogen) atoms. The average molecular weight is 260 g/mol. The maximum atomic E-state index is 2.44. The average Bonchev–Trinajstić information content (AvgIpc) is 2.48. The summed E-state index contributed by atoms with van der Waals surface area (Å²) in [6, 6.07) is 13.6. The first-order valence-electron chi connectivity index (χ1n) is 7.69. The van der Waals surface area contributed by atoms with E-state index in [0.29, 0.717) is 0 Å². The van der Waals surface area contributed by atoms with Crippen molar-refractivity contribution in [3.8, 4) is 0 Å². The molecule has 0 saturated carbocycles. The summed E-state index contributed by atoms with van der Waals surface area (Å²) < 4.78 is 0. The van der Waals surface area contributed by atoms with Crippen molar-refractivity contribution in [3.63, 3.8) is 0 Å². The van der Waals surface area contributed by atoms with Crippen LogP contribution in [0.3, 0.4) is 0 Å². The summed E-state index contributed by atoms with van der Waals surface area (Å²) in [7, 11) is 0. The highest BCUT2D eigenvalue weighted by Gasteiger charge is 2.16. The van der Waals surface area contributed by atoms with E-state index in [1.54, 1.807) is 16.5 Å². The van der Waals surface area contributed by atoms with E-state index in [1.165, 1.54) is 53.0 Å². The Morgan fingerprint density at radius 1 is 0.850 bits per heavy atom. The molecule has 0 aliphatic heterocycles. The maximum absolute atomic E-state index is 2.44. The Kier molecular flexibility index (Phi) is 2.60. The molecule has 0 saturated heterocycles. The lowest BCUT2D eigenvalue weighted by Crippen LogP contribution is -2.05. The summed E-state index contributed by atoms with van der Waals surface area (Å²) in [5.74, 6) is 0. The van der Waals surface area contributed by atoms with Gasteiger partial charge in [0.2, 0.25) is 0 Å². The summed E-state index contributed by atoms with van der Waals surface area (Å²) >= 11 is 0. The number of aryl methyl sites for hydroxylation is 4. The zero-order valence-electron chi connectivity index (χ0n) is 12.3. The van der Waals surface area contributed by atoms with Crippen LogP contribution in [-0.4, -0.2) is 0 Å². The molecule has 0 spiro atoms. The lowest BCUT2D eigenvalue weighted by Gasteiger charge is -2.22. The predicted molar refractivity (Wildman–Crippen MR) is 87.6 cm³/mol. The Bertz CT molecular complexity index is 824. The van der Waals surface area contributed by atoms with Gasteiger partial charge in [-0.3, -0.25) is 0 Å². The Morgan fingerprint density at radius 2 is 1.65 bits per heavy atom. The van der Waals surface area contributed by atoms with Crippen LogP contribution < -0.4 is 0 Å². The molecule has 3 aromatic rings. The van der Waals surface area contributed by atoms with Gasteiger partial charge in [0.15, 0.2) is 0 Å². The second kappa shape index (κ2) is 4.34. The lowest BCUT2D eigenvalue weighted by atomic mass is 9.83. The Morgan fingerprint density at radius 3 is 2.55 bits per heavy atom. The van der Waals surface area contributed by atoms with Gasteiger partial charge in [-0.1, -0.05) is 30.3 Å². The number of rotatable bonds is 0. The van der Waals surface area contributed by atoms with Gasteiger partial charge in [-0.25, -0.2) is 0 Å². The number of hydrogen-bond acceptors (Lipinski definition) is 0. The third-order valence-corrected chi connectivity index (χ3v) is 4.94. The fourth-order valence-corrected chi connectivity index (χ4v) is 3.94. The highest BCUT2D eigenvalue weighted by atomic mass is 14.2. The maximum Gasteiger partial charge on any atom is -0.0111 e. The Hall–Kier alpha value is -1.82. The molecule has 4 rings (SSSR count). The first-order valence-corrected chi connectivity index (χ1v) is 7.69. The number of hydrogen-bond donors (Lipinski definition) is 0. The Balaban J connectivity index is 2.23. The van der Waals surface area contributed by atoms with Crippen LogP contribution in [0, 0.1) is 13.8 Å². The monoisotopic (exact) mass is 260 g/mol. The number of fused-ring (bicyclic) bond motifs is 4. The molecule has 3 aromatic carbocycles. The van der Waals surface area contributed by atoms with E-state index in [1.807, 2.05) is 0 Å². The van der Waals surface area contributed by atoms with Crippen LogP contribution in [0.5, 0.6) is 0 Å². The molecule has 100 valence electrons. The van der Waals surface area contributed by atoms with Gasteiger partial charge in [-0.2, -0.15) is 0 Å². The van der Waals surface area contributed by atoms with Gasteiger partial charge in [-0.15, -0.1) is 0 Å². The standard InChI is InChI=1S/C20H20/c1-13-11-15-7-4-6-10-18(15)20-14(2)17-9-5-3-8-16(17)12-19(13)20/h3,5,8-9,11-12H,4,6-7,10H2,1-2H3. The van der Waals surface area contributed by atoms with Crippen molar-refractivity contribution in [1.29, 1.82) is 0 Å². The largest absolute Gasteiger partial charge is 0.0616 e. The van der Waals surface area contributed by atoms with Gasteiger partial charge in [0, 0.05) is 0 Å². The molecule has 0 N–H and O–H groups in total. The zero-order chi connectivity index (χ0) is 13.7. The van der Waals surface area contributed by atoms with Crippen LogP contribution in [0.15, 0.2) is 36.4 Å². The predicted octanol–water partition coefficient (Wildman–Crippen LogP) is 5.49. The fraction of sp³-hybridized carbons (Fsp3) is 0.300. The third kappa shape index (κ3) is 1.61. The van der Waals surface area contributed by atoms with Gasteiger partial charge < -0.3 is 0 Å². The van der Waals surface area contributed by atoms with Crippen molar-refractivity contribution >= 4 is 21.5 Å². The zero-order valence-corrected chi connectivity index (χ0v) is 12.3. The van der Waals surface area contributed by atoms with Crippen molar-refractivity contribution in [2.75, 3.05) is 0 Å². The van der Waals surface area contributed by atoms with Crippen molar-refractivity contribution in [3.05, 3.63) is 58.7 Å². The third-order valence-electron chi connectivity index (χ3n) is 4.94. The molecule has 0 heterocycles. The molecule has 0 atom stereocenters. The minimum atomic E-state index is 1.26. The minimum Gasteiger partial charge on any atom is -0.0616 e. The molecular weight excluding hydrogens is 240 g/mol. The molecule has 0 bridgehead atoms. The fourth-order valence-electron chi connectivity index (χ4n) is 3.94. The molecule has 0 radical (unpaired) electrons. The summed E-state index contributed by atoms with van der Waals surface area (Å²) in [5, 5.41) is 5.79. The molecular formula is C20H20. The van der Waals surface area contributed by atoms with Crippen molar-refractivity contribution < 1.29 is 0 Å². The number of benzene rings is 3. The van der Waals surface area contributed by atoms with Gasteiger partial charge >= 0.3 is 0 Å². The van der Waals surface area contributed by atoms with E-state index in [2.05, 4.69) is 50.2 Å². The van der Waals surface area contributed by atoms with Gasteiger partial charge in [0.1, 0.15) is 0 Å². The first-order chi connectivity index (χ1) is 9.75. The van der Waals surface area contributed by atoms with Crippen molar-refractivity contribution in [2.24, 2.45) is 0 Å². The molecule has 0 aromatic heterocycles.